The lowest BCUT2D eigenvalue weighted by molar-refractivity contribution is -0.259. The summed E-state index contributed by atoms with van der Waals surface area (Å²) in [4.78, 5) is 19.3. The van der Waals surface area contributed by atoms with Crippen molar-refractivity contribution in [1.82, 2.24) is 26.6 Å². The molecule has 3 aromatic carbocycles. The van der Waals surface area contributed by atoms with Gasteiger partial charge in [-0.3, -0.25) is 4.99 Å². The summed E-state index contributed by atoms with van der Waals surface area (Å²) in [5.41, 5.74) is -5.85. The number of hydrogen-bond acceptors (Lipinski definition) is 6. The first-order chi connectivity index (χ1) is 52.4. The third-order valence-corrected chi connectivity index (χ3v) is 23.9. The average Bonchev–Trinajstić information content (AvgIpc) is 0.804. The zero-order valence-electron chi connectivity index (χ0n) is 64.9. The van der Waals surface area contributed by atoms with Gasteiger partial charge in [0, 0.05) is 48.1 Å². The van der Waals surface area contributed by atoms with Gasteiger partial charge in [-0.05, 0) is 164 Å². The van der Waals surface area contributed by atoms with Crippen LogP contribution in [0.1, 0.15) is 320 Å². The van der Waals surface area contributed by atoms with Crippen molar-refractivity contribution in [1.29, 1.82) is 0 Å². The Morgan fingerprint density at radius 1 is 0.321 bits per heavy atom. The fourth-order valence-electron chi connectivity index (χ4n) is 16.9. The molecule has 14 nitrogen and oxygen atoms in total. The normalized spacial score (nSPS) is 22.1. The number of benzene rings is 3. The zero-order valence-corrected chi connectivity index (χ0v) is 64.9. The van der Waals surface area contributed by atoms with Crippen LogP contribution in [-0.4, -0.2) is 101 Å². The zero-order chi connectivity index (χ0) is 77.7. The molecule has 9 fully saturated rings. The summed E-state index contributed by atoms with van der Waals surface area (Å²) >= 11 is 0. The van der Waals surface area contributed by atoms with Crippen molar-refractivity contribution in [3.63, 3.8) is 0 Å². The number of aliphatic hydroxyl groups is 2. The van der Waals surface area contributed by atoms with Crippen molar-refractivity contribution in [2.24, 2.45) is 25.9 Å². The van der Waals surface area contributed by atoms with Gasteiger partial charge in [-0.1, -0.05) is 210 Å². The molecule has 10 N–H and O–H groups in total. The van der Waals surface area contributed by atoms with Gasteiger partial charge in [-0.15, -0.1) is 0 Å². The second kappa shape index (κ2) is 43.8. The van der Waals surface area contributed by atoms with E-state index < -0.39 is 58.3 Å². The Labute approximate surface area is 641 Å². The van der Waals surface area contributed by atoms with Crippen molar-refractivity contribution in [2.45, 2.75) is 381 Å². The Kier molecular flexibility index (Phi) is 34.9. The topological polar surface area (TPSA) is 186 Å². The van der Waals surface area contributed by atoms with Gasteiger partial charge >= 0.3 is 12.4 Å². The second-order valence-corrected chi connectivity index (χ2v) is 32.8. The van der Waals surface area contributed by atoms with Gasteiger partial charge in [0.05, 0.1) is 18.1 Å². The number of rotatable bonds is 16. The molecule has 12 rings (SSSR count). The van der Waals surface area contributed by atoms with Gasteiger partial charge in [0.15, 0.2) is 58.3 Å². The van der Waals surface area contributed by atoms with E-state index in [2.05, 4.69) is 47.5 Å². The molecule has 0 amide bonds. The Hall–Kier alpha value is -6.11. The van der Waals surface area contributed by atoms with E-state index in [0.717, 1.165) is 148 Å². The van der Waals surface area contributed by atoms with Crippen molar-refractivity contribution in [3.8, 4) is 0 Å². The predicted molar refractivity (Wildman–Crippen MR) is 418 cm³/mol. The van der Waals surface area contributed by atoms with E-state index in [1.165, 1.54) is 204 Å². The highest BCUT2D eigenvalue weighted by Gasteiger charge is 2.52. The van der Waals surface area contributed by atoms with E-state index in [-0.39, 0.29) is 41.3 Å². The highest BCUT2D eigenvalue weighted by Crippen LogP contribution is 2.41. The summed E-state index contributed by atoms with van der Waals surface area (Å²) in [7, 11) is 0. The van der Waals surface area contributed by atoms with Crippen LogP contribution in [0, 0.1) is 35.0 Å². The van der Waals surface area contributed by atoms with Gasteiger partial charge in [-0.2, -0.15) is 26.3 Å². The van der Waals surface area contributed by atoms with Gasteiger partial charge in [-0.25, -0.2) is 36.9 Å². The average molecular weight is 1550 g/mol. The Morgan fingerprint density at radius 2 is 0.560 bits per heavy atom. The van der Waals surface area contributed by atoms with Crippen LogP contribution >= 0.6 is 0 Å². The maximum atomic E-state index is 14.1. The maximum Gasteiger partial charge on any atom is 0.421 e. The lowest BCUT2D eigenvalue weighted by atomic mass is 9.87. The molecule has 0 saturated heterocycles. The Bertz CT molecular complexity index is 3090. The van der Waals surface area contributed by atoms with Crippen molar-refractivity contribution in [2.75, 3.05) is 22.5 Å². The van der Waals surface area contributed by atoms with E-state index in [0.29, 0.717) is 47.5 Å². The standard InChI is InChI=1S/2C22H32F3N3O.C21H39N3.C19H24F5N3/c2*1-21(29,22(23,24)25)16-12-14-19(15-13-16)28-20(26-17-8-4-2-5-9-17)27-18-10-6-3-7-11-18;1-4-10-18(11-5-1)16-17-22-21(23-19-12-6-2-7-13-19)24-20-14-8-3-9-15-20;20-13-14(21)16(23)18(17(24)15(13)22)27-19(25-11-7-3-1-4-8-11)26-12-9-5-2-6-10-12/h2*12-15,17-18,29H,2-11H2,1H3,(H2,26,27,28);18-20H,1-17H2,(H2,22,23,24);11-12H,1-10H2,(H2,25,26,27). The summed E-state index contributed by atoms with van der Waals surface area (Å²) in [5.74, 6) is -6.30. The summed E-state index contributed by atoms with van der Waals surface area (Å²) in [6.45, 7) is 2.56. The first kappa shape index (κ1) is 86.9. The molecule has 2 unspecified atom stereocenters. The van der Waals surface area contributed by atoms with E-state index in [9.17, 15) is 58.5 Å². The minimum atomic E-state index is -4.72. The Balaban J connectivity index is 0.000000168. The van der Waals surface area contributed by atoms with Gasteiger partial charge in [0.25, 0.3) is 0 Å². The summed E-state index contributed by atoms with van der Waals surface area (Å²) in [5, 5.41) is 46.3. The molecule has 9 aliphatic rings. The quantitative estimate of drug-likeness (QED) is 0.0218. The first-order valence-electron chi connectivity index (χ1n) is 42.1. The van der Waals surface area contributed by atoms with Crippen LogP contribution < -0.4 is 42.5 Å². The van der Waals surface area contributed by atoms with Gasteiger partial charge < -0.3 is 52.7 Å². The number of guanidine groups is 4. The number of halogens is 11. The molecule has 612 valence electrons. The molecule has 25 heteroatoms. The first-order valence-corrected chi connectivity index (χ1v) is 42.1. The van der Waals surface area contributed by atoms with Crippen LogP contribution in [0.5, 0.6) is 0 Å². The molecule has 0 heterocycles. The maximum absolute atomic E-state index is 14.1. The third-order valence-electron chi connectivity index (χ3n) is 23.9. The minimum Gasteiger partial charge on any atom is -0.376 e. The molecule has 0 radical (unpaired) electrons. The number of alkyl halides is 6. The SMILES string of the molecule is C1CCC(CCN=C(NC2CCCCC2)NC2CCCCC2)CC1.CC(O)(c1ccc(NC(=NC2CCCCC2)NC2CCCCC2)cc1)C(F)(F)F.CC(O)(c1ccc(NC(=NC2CCCCC2)NC2CCCCC2)cc1)C(F)(F)F.Fc1c(F)c(F)c(NC(=NC2CCCCC2)NC2CCCCC2)c(F)c1F. The van der Waals surface area contributed by atoms with Crippen molar-refractivity contribution in [3.05, 3.63) is 88.7 Å². The number of aliphatic imine (C=N–C) groups is 4. The molecule has 109 heavy (non-hydrogen) atoms. The van der Waals surface area contributed by atoms with Crippen LogP contribution in [0.3, 0.4) is 0 Å². The molecule has 2 atom stereocenters. The van der Waals surface area contributed by atoms with Crippen LogP contribution in [0.25, 0.3) is 0 Å². The number of hydrogen-bond donors (Lipinski definition) is 10. The molecular weight excluding hydrogens is 1420 g/mol. The molecule has 9 aliphatic carbocycles. The van der Waals surface area contributed by atoms with Crippen molar-refractivity contribution >= 4 is 40.9 Å². The lowest BCUT2D eigenvalue weighted by Crippen LogP contribution is -2.48. The Morgan fingerprint density at radius 3 is 0.835 bits per heavy atom. The highest BCUT2D eigenvalue weighted by molar-refractivity contribution is 5.95. The summed E-state index contributed by atoms with van der Waals surface area (Å²) in [6.07, 6.45) is 45.8. The van der Waals surface area contributed by atoms with E-state index in [1.54, 1.807) is 24.3 Å². The molecular formula is C84H127F11N12O2. The van der Waals surface area contributed by atoms with E-state index >= 15 is 0 Å². The highest BCUT2D eigenvalue weighted by atomic mass is 19.4. The lowest BCUT2D eigenvalue weighted by Gasteiger charge is -2.29. The predicted octanol–water partition coefficient (Wildman–Crippen LogP) is 21.5. The minimum absolute atomic E-state index is 0.0291. The van der Waals surface area contributed by atoms with E-state index in [1.807, 2.05) is 0 Å². The van der Waals surface area contributed by atoms with Gasteiger partial charge in [0.1, 0.15) is 5.69 Å². The summed E-state index contributed by atoms with van der Waals surface area (Å²) < 4.78 is 147. The van der Waals surface area contributed by atoms with Crippen LogP contribution in [0.4, 0.5) is 65.4 Å². The molecule has 0 spiro atoms. The molecule has 3 aromatic rings. The smallest absolute Gasteiger partial charge is 0.376 e. The summed E-state index contributed by atoms with van der Waals surface area (Å²) in [6, 6.07) is 14.2. The van der Waals surface area contributed by atoms with Crippen LogP contribution in [0.15, 0.2) is 68.5 Å². The van der Waals surface area contributed by atoms with Crippen LogP contribution in [0.2, 0.25) is 0 Å². The number of nitrogens with one attached hydrogen (secondary N) is 8. The fourth-order valence-corrected chi connectivity index (χ4v) is 16.9. The van der Waals surface area contributed by atoms with Crippen LogP contribution in [-0.2, 0) is 11.2 Å². The molecule has 0 bridgehead atoms. The fraction of sp³-hybridized carbons (Fsp3) is 0.738. The largest absolute Gasteiger partial charge is 0.421 e. The monoisotopic (exact) mass is 1550 g/mol. The number of nitrogens with zero attached hydrogens (tertiary/aromatic N) is 4. The molecule has 0 aliphatic heterocycles. The second-order valence-electron chi connectivity index (χ2n) is 32.8. The van der Waals surface area contributed by atoms with E-state index in [4.69, 9.17) is 15.0 Å². The molecule has 0 aromatic heterocycles. The third kappa shape index (κ3) is 28.2. The number of anilines is 3. The molecule has 9 saturated carbocycles. The van der Waals surface area contributed by atoms with Crippen molar-refractivity contribution < 1.29 is 58.5 Å². The van der Waals surface area contributed by atoms with Gasteiger partial charge in [0.2, 0.25) is 5.82 Å².